The molecule has 1 saturated heterocycles. The van der Waals surface area contributed by atoms with E-state index in [4.69, 9.17) is 0 Å². The van der Waals surface area contributed by atoms with Gasteiger partial charge in [-0.2, -0.15) is 0 Å². The standard InChI is InChI=1S/C23H24FN3O.ClH/c24-21-9-7-18(8-10-21)22(28)6-3-11-26-12-14-27(15-13-26)23-16-19-4-1-2-5-20(19)17-25-23;/h1-2,4-5,7-10,16-17H,3,6,11-15H2;1H. The normalized spacial score (nSPS) is 14.6. The van der Waals surface area contributed by atoms with Crippen LogP contribution in [-0.4, -0.2) is 48.4 Å². The van der Waals surface area contributed by atoms with E-state index in [1.54, 1.807) is 12.1 Å². The predicted octanol–water partition coefficient (Wildman–Crippen LogP) is 4.58. The molecule has 29 heavy (non-hydrogen) atoms. The summed E-state index contributed by atoms with van der Waals surface area (Å²) in [5, 5.41) is 2.38. The SMILES string of the molecule is Cl.O=C(CCCN1CCN(c2cc3ccccc3cn2)CC1)c1ccc(F)cc1. The lowest BCUT2D eigenvalue weighted by Crippen LogP contribution is -2.47. The van der Waals surface area contributed by atoms with Crippen molar-refractivity contribution in [2.24, 2.45) is 0 Å². The molecule has 3 aromatic rings. The van der Waals surface area contributed by atoms with Gasteiger partial charge in [-0.3, -0.25) is 9.69 Å². The van der Waals surface area contributed by atoms with Crippen molar-refractivity contribution in [1.29, 1.82) is 0 Å². The maximum Gasteiger partial charge on any atom is 0.162 e. The fraction of sp³-hybridized carbons (Fsp3) is 0.304. The average Bonchev–Trinajstić information content (AvgIpc) is 2.74. The predicted molar refractivity (Wildman–Crippen MR) is 118 cm³/mol. The fourth-order valence-corrected chi connectivity index (χ4v) is 3.69. The second-order valence-corrected chi connectivity index (χ2v) is 7.25. The Kier molecular flexibility index (Phi) is 7.18. The largest absolute Gasteiger partial charge is 0.354 e. The summed E-state index contributed by atoms with van der Waals surface area (Å²) in [5.41, 5.74) is 0.591. The van der Waals surface area contributed by atoms with Crippen LogP contribution >= 0.6 is 12.4 Å². The highest BCUT2D eigenvalue weighted by atomic mass is 35.5. The van der Waals surface area contributed by atoms with E-state index in [9.17, 15) is 9.18 Å². The van der Waals surface area contributed by atoms with E-state index < -0.39 is 0 Å². The number of fused-ring (bicyclic) bond motifs is 1. The Morgan fingerprint density at radius 2 is 1.66 bits per heavy atom. The van der Waals surface area contributed by atoms with Crippen LogP contribution in [0.4, 0.5) is 10.2 Å². The number of benzene rings is 2. The molecule has 1 aliphatic heterocycles. The van der Waals surface area contributed by atoms with Crippen molar-refractivity contribution in [3.63, 3.8) is 0 Å². The van der Waals surface area contributed by atoms with E-state index in [-0.39, 0.29) is 24.0 Å². The van der Waals surface area contributed by atoms with Gasteiger partial charge in [-0.15, -0.1) is 12.4 Å². The highest BCUT2D eigenvalue weighted by Crippen LogP contribution is 2.20. The Hall–Kier alpha value is -2.50. The van der Waals surface area contributed by atoms with Gasteiger partial charge in [-0.25, -0.2) is 9.37 Å². The lowest BCUT2D eigenvalue weighted by Gasteiger charge is -2.35. The highest BCUT2D eigenvalue weighted by Gasteiger charge is 2.18. The molecule has 2 heterocycles. The summed E-state index contributed by atoms with van der Waals surface area (Å²) >= 11 is 0. The van der Waals surface area contributed by atoms with Crippen LogP contribution in [0.2, 0.25) is 0 Å². The van der Waals surface area contributed by atoms with Gasteiger partial charge in [-0.05, 0) is 48.7 Å². The Morgan fingerprint density at radius 1 is 0.966 bits per heavy atom. The summed E-state index contributed by atoms with van der Waals surface area (Å²) in [6.45, 7) is 4.74. The second kappa shape index (κ2) is 9.81. The number of hydrogen-bond acceptors (Lipinski definition) is 4. The summed E-state index contributed by atoms with van der Waals surface area (Å²) in [6, 6.07) is 16.2. The summed E-state index contributed by atoms with van der Waals surface area (Å²) < 4.78 is 12.9. The van der Waals surface area contributed by atoms with Gasteiger partial charge in [0, 0.05) is 49.7 Å². The van der Waals surface area contributed by atoms with E-state index >= 15 is 0 Å². The number of anilines is 1. The zero-order chi connectivity index (χ0) is 19.3. The first-order chi connectivity index (χ1) is 13.7. The minimum Gasteiger partial charge on any atom is -0.354 e. The van der Waals surface area contributed by atoms with Crippen LogP contribution in [0, 0.1) is 5.82 Å². The molecule has 0 atom stereocenters. The van der Waals surface area contributed by atoms with E-state index in [0.717, 1.165) is 50.3 Å². The lowest BCUT2D eigenvalue weighted by molar-refractivity contribution is 0.0974. The first-order valence-electron chi connectivity index (χ1n) is 9.80. The molecule has 4 nitrogen and oxygen atoms in total. The van der Waals surface area contributed by atoms with Crippen molar-refractivity contribution in [2.75, 3.05) is 37.6 Å². The van der Waals surface area contributed by atoms with E-state index in [2.05, 4.69) is 39.0 Å². The van der Waals surface area contributed by atoms with Gasteiger partial charge < -0.3 is 4.90 Å². The quantitative estimate of drug-likeness (QED) is 0.554. The zero-order valence-corrected chi connectivity index (χ0v) is 17.1. The van der Waals surface area contributed by atoms with Crippen LogP contribution in [0.15, 0.2) is 60.8 Å². The van der Waals surface area contributed by atoms with Crippen LogP contribution in [-0.2, 0) is 0 Å². The third-order valence-electron chi connectivity index (χ3n) is 5.36. The molecule has 0 unspecified atom stereocenters. The minimum absolute atomic E-state index is 0. The van der Waals surface area contributed by atoms with Gasteiger partial charge in [0.1, 0.15) is 11.6 Å². The number of halogens is 2. The summed E-state index contributed by atoms with van der Waals surface area (Å²) in [4.78, 5) is 21.5. The van der Waals surface area contributed by atoms with Gasteiger partial charge in [0.2, 0.25) is 0 Å². The van der Waals surface area contributed by atoms with Gasteiger partial charge in [0.15, 0.2) is 5.78 Å². The number of hydrogen-bond donors (Lipinski definition) is 0. The molecule has 152 valence electrons. The number of aromatic nitrogens is 1. The molecule has 4 rings (SSSR count). The number of piperazine rings is 1. The number of Topliss-reactive ketones (excluding diaryl/α,β-unsaturated/α-hetero) is 1. The van der Waals surface area contributed by atoms with Crippen molar-refractivity contribution in [3.05, 3.63) is 72.2 Å². The van der Waals surface area contributed by atoms with Crippen LogP contribution in [0.5, 0.6) is 0 Å². The Morgan fingerprint density at radius 3 is 2.38 bits per heavy atom. The molecule has 0 saturated carbocycles. The number of pyridine rings is 1. The molecule has 2 aromatic carbocycles. The highest BCUT2D eigenvalue weighted by molar-refractivity contribution is 5.95. The first-order valence-corrected chi connectivity index (χ1v) is 9.80. The van der Waals surface area contributed by atoms with E-state index in [1.165, 1.54) is 17.5 Å². The van der Waals surface area contributed by atoms with Crippen molar-refractivity contribution in [3.8, 4) is 0 Å². The maximum absolute atomic E-state index is 12.9. The molecule has 0 N–H and O–H groups in total. The number of carbonyl (C=O) groups excluding carboxylic acids is 1. The minimum atomic E-state index is -0.310. The maximum atomic E-state index is 12.9. The first kappa shape index (κ1) is 21.2. The Balaban J connectivity index is 0.00000240. The third-order valence-corrected chi connectivity index (χ3v) is 5.36. The number of nitrogens with zero attached hydrogens (tertiary/aromatic N) is 3. The molecule has 1 aromatic heterocycles. The smallest absolute Gasteiger partial charge is 0.162 e. The molecular formula is C23H25ClFN3O. The number of ketones is 1. The fourth-order valence-electron chi connectivity index (χ4n) is 3.69. The van der Waals surface area contributed by atoms with Gasteiger partial charge >= 0.3 is 0 Å². The Labute approximate surface area is 176 Å². The molecular weight excluding hydrogens is 389 g/mol. The van der Waals surface area contributed by atoms with Gasteiger partial charge in [-0.1, -0.05) is 24.3 Å². The molecule has 0 spiro atoms. The van der Waals surface area contributed by atoms with Crippen LogP contribution in [0.25, 0.3) is 10.8 Å². The van der Waals surface area contributed by atoms with Crippen molar-refractivity contribution < 1.29 is 9.18 Å². The number of carbonyl (C=O) groups is 1. The summed E-state index contributed by atoms with van der Waals surface area (Å²) in [6.07, 6.45) is 3.26. The molecule has 0 aliphatic carbocycles. The molecule has 1 aliphatic rings. The van der Waals surface area contributed by atoms with E-state index in [1.807, 2.05) is 12.3 Å². The third kappa shape index (κ3) is 5.31. The zero-order valence-electron chi connectivity index (χ0n) is 16.3. The topological polar surface area (TPSA) is 36.4 Å². The molecule has 0 bridgehead atoms. The van der Waals surface area contributed by atoms with Crippen molar-refractivity contribution in [2.45, 2.75) is 12.8 Å². The average molecular weight is 414 g/mol. The Bertz CT molecular complexity index is 956. The molecule has 1 fully saturated rings. The summed E-state index contributed by atoms with van der Waals surface area (Å²) in [7, 11) is 0. The second-order valence-electron chi connectivity index (χ2n) is 7.25. The monoisotopic (exact) mass is 413 g/mol. The molecule has 6 heteroatoms. The van der Waals surface area contributed by atoms with Crippen LogP contribution < -0.4 is 4.90 Å². The van der Waals surface area contributed by atoms with Gasteiger partial charge in [0.25, 0.3) is 0 Å². The van der Waals surface area contributed by atoms with Gasteiger partial charge in [0.05, 0.1) is 0 Å². The van der Waals surface area contributed by atoms with Crippen LogP contribution in [0.3, 0.4) is 0 Å². The lowest BCUT2D eigenvalue weighted by atomic mass is 10.1. The molecule has 0 amide bonds. The number of rotatable bonds is 6. The summed E-state index contributed by atoms with van der Waals surface area (Å²) in [5.74, 6) is 0.805. The van der Waals surface area contributed by atoms with E-state index in [0.29, 0.717) is 12.0 Å². The van der Waals surface area contributed by atoms with Crippen LogP contribution in [0.1, 0.15) is 23.2 Å². The molecule has 0 radical (unpaired) electrons. The van der Waals surface area contributed by atoms with Crippen molar-refractivity contribution in [1.82, 2.24) is 9.88 Å². The van der Waals surface area contributed by atoms with Crippen molar-refractivity contribution >= 4 is 34.8 Å².